The molecular weight excluding hydrogens is 206 g/mol. The first-order chi connectivity index (χ1) is 7.10. The van der Waals surface area contributed by atoms with Gasteiger partial charge in [0.25, 0.3) is 0 Å². The highest BCUT2D eigenvalue weighted by molar-refractivity contribution is 5.77. The van der Waals surface area contributed by atoms with Crippen LogP contribution in [0.25, 0.3) is 0 Å². The van der Waals surface area contributed by atoms with E-state index < -0.39 is 43.5 Å². The summed E-state index contributed by atoms with van der Waals surface area (Å²) in [6.07, 6.45) is -3.32. The number of rotatable bonds is 3. The van der Waals surface area contributed by atoms with Gasteiger partial charge in [-0.2, -0.15) is 0 Å². The van der Waals surface area contributed by atoms with Gasteiger partial charge in [-0.25, -0.2) is 0 Å². The Morgan fingerprint density at radius 3 is 2.53 bits per heavy atom. The lowest BCUT2D eigenvalue weighted by atomic mass is 9.98. The van der Waals surface area contributed by atoms with Crippen molar-refractivity contribution in [1.82, 2.24) is 5.32 Å². The lowest BCUT2D eigenvalue weighted by Crippen LogP contribution is -2.60. The van der Waals surface area contributed by atoms with Crippen molar-refractivity contribution in [3.05, 3.63) is 0 Å². The van der Waals surface area contributed by atoms with E-state index in [1.54, 1.807) is 0 Å². The van der Waals surface area contributed by atoms with Crippen LogP contribution >= 0.6 is 0 Å². The number of aliphatic hydroxyl groups is 4. The predicted molar refractivity (Wildman–Crippen MR) is 47.9 cm³/mol. The Hall–Kier alpha value is -0.730. The fourth-order valence-corrected chi connectivity index (χ4v) is 1.42. The molecule has 1 rings (SSSR count). The van der Waals surface area contributed by atoms with Gasteiger partial charge < -0.3 is 30.5 Å². The first-order valence-electron chi connectivity index (χ1n) is 4.59. The smallest absolute Gasteiger partial charge is 0.246 e. The minimum absolute atomic E-state index is 0.0187. The van der Waals surface area contributed by atoms with E-state index in [0.29, 0.717) is 0 Å². The summed E-state index contributed by atoms with van der Waals surface area (Å²) < 4.78 is 5.01. The summed E-state index contributed by atoms with van der Waals surface area (Å²) >= 11 is 0. The van der Waals surface area contributed by atoms with Crippen LogP contribution in [0.3, 0.4) is 0 Å². The third kappa shape index (κ3) is 2.86. The zero-order valence-electron chi connectivity index (χ0n) is 8.04. The predicted octanol–water partition coefficient (Wildman–Crippen LogP) is -3.42. The average Bonchev–Trinajstić information content (AvgIpc) is 2.25. The first kappa shape index (κ1) is 12.3. The number of hydrogen-bond acceptors (Lipinski definition) is 6. The van der Waals surface area contributed by atoms with E-state index in [4.69, 9.17) is 14.9 Å². The summed E-state index contributed by atoms with van der Waals surface area (Å²) in [6.45, 7) is -1.11. The van der Waals surface area contributed by atoms with Gasteiger partial charge in [0, 0.05) is 0 Å². The molecule has 3 unspecified atom stereocenters. The van der Waals surface area contributed by atoms with Crippen LogP contribution in [0.5, 0.6) is 0 Å². The van der Waals surface area contributed by atoms with Gasteiger partial charge in [0.2, 0.25) is 5.91 Å². The molecule has 0 saturated carbocycles. The monoisotopic (exact) mass is 221 g/mol. The summed E-state index contributed by atoms with van der Waals surface area (Å²) in [7, 11) is 0. The van der Waals surface area contributed by atoms with E-state index in [2.05, 4.69) is 5.32 Å². The van der Waals surface area contributed by atoms with Crippen molar-refractivity contribution in [3.8, 4) is 0 Å². The van der Waals surface area contributed by atoms with E-state index >= 15 is 0 Å². The zero-order valence-corrected chi connectivity index (χ0v) is 8.04. The third-order valence-corrected chi connectivity index (χ3v) is 2.30. The van der Waals surface area contributed by atoms with E-state index in [9.17, 15) is 15.0 Å². The van der Waals surface area contributed by atoms with Crippen LogP contribution in [0, 0.1) is 0 Å². The summed E-state index contributed by atoms with van der Waals surface area (Å²) in [5, 5.41) is 38.5. The molecule has 1 amide bonds. The van der Waals surface area contributed by atoms with E-state index in [-0.39, 0.29) is 6.61 Å². The Balaban J connectivity index is 2.52. The van der Waals surface area contributed by atoms with Gasteiger partial charge >= 0.3 is 0 Å². The number of amides is 1. The van der Waals surface area contributed by atoms with Gasteiger partial charge in [0.15, 0.2) is 0 Å². The summed E-state index contributed by atoms with van der Waals surface area (Å²) in [6, 6.07) is -0.776. The van der Waals surface area contributed by atoms with E-state index in [0.717, 1.165) is 0 Å². The molecule has 1 aliphatic rings. The van der Waals surface area contributed by atoms with Crippen LogP contribution < -0.4 is 5.32 Å². The third-order valence-electron chi connectivity index (χ3n) is 2.30. The number of hydrogen-bond donors (Lipinski definition) is 5. The molecule has 0 aliphatic carbocycles. The lowest BCUT2D eigenvalue weighted by Gasteiger charge is -2.37. The number of ether oxygens (including phenoxy) is 1. The standard InChI is InChI=1S/C8H15NO6/c10-1-5-8(14)7(13)4(3-15-5)9-6(12)2-11/h4-5,7-8,10-11,13-14H,1-3H2,(H,9,12)/t4?,5?,7?,8-/m1/s1. The lowest BCUT2D eigenvalue weighted by molar-refractivity contribution is -0.165. The summed E-state index contributed by atoms with van der Waals surface area (Å²) in [4.78, 5) is 10.8. The van der Waals surface area contributed by atoms with Crippen molar-refractivity contribution in [1.29, 1.82) is 0 Å². The fraction of sp³-hybridized carbons (Fsp3) is 0.875. The molecule has 7 heteroatoms. The molecule has 0 aromatic carbocycles. The molecule has 7 nitrogen and oxygen atoms in total. The largest absolute Gasteiger partial charge is 0.394 e. The average molecular weight is 221 g/mol. The highest BCUT2D eigenvalue weighted by atomic mass is 16.5. The molecule has 15 heavy (non-hydrogen) atoms. The van der Waals surface area contributed by atoms with Gasteiger partial charge in [0.1, 0.15) is 24.9 Å². The summed E-state index contributed by atoms with van der Waals surface area (Å²) in [5.74, 6) is -0.655. The molecule has 4 atom stereocenters. The van der Waals surface area contributed by atoms with E-state index in [1.807, 2.05) is 0 Å². The molecule has 0 aromatic rings. The van der Waals surface area contributed by atoms with E-state index in [1.165, 1.54) is 0 Å². The van der Waals surface area contributed by atoms with Gasteiger partial charge in [0.05, 0.1) is 19.3 Å². The minimum Gasteiger partial charge on any atom is -0.394 e. The molecule has 0 aromatic heterocycles. The molecule has 1 fully saturated rings. The SMILES string of the molecule is O=C(CO)NC1COC(CO)[C@@H](O)C1O. The van der Waals surface area contributed by atoms with Crippen molar-refractivity contribution < 1.29 is 30.0 Å². The molecule has 0 bridgehead atoms. The van der Waals surface area contributed by atoms with Crippen LogP contribution in [0.1, 0.15) is 0 Å². The topological polar surface area (TPSA) is 119 Å². The van der Waals surface area contributed by atoms with Gasteiger partial charge in [-0.3, -0.25) is 4.79 Å². The fourth-order valence-electron chi connectivity index (χ4n) is 1.42. The van der Waals surface area contributed by atoms with Crippen molar-refractivity contribution in [2.45, 2.75) is 24.4 Å². The Labute approximate surface area is 86.3 Å². The Bertz CT molecular complexity index is 223. The maximum atomic E-state index is 10.8. The maximum absolute atomic E-state index is 10.8. The van der Waals surface area contributed by atoms with Crippen LogP contribution in [-0.4, -0.2) is 70.5 Å². The normalized spacial score (nSPS) is 36.3. The van der Waals surface area contributed by atoms with Gasteiger partial charge in [-0.15, -0.1) is 0 Å². The van der Waals surface area contributed by atoms with Crippen molar-refractivity contribution in [2.24, 2.45) is 0 Å². The number of carbonyl (C=O) groups is 1. The molecular formula is C8H15NO6. The number of nitrogens with one attached hydrogen (secondary N) is 1. The molecule has 0 radical (unpaired) electrons. The van der Waals surface area contributed by atoms with Crippen LogP contribution in [0.15, 0.2) is 0 Å². The van der Waals surface area contributed by atoms with Crippen LogP contribution in [0.2, 0.25) is 0 Å². The Morgan fingerprint density at radius 2 is 2.00 bits per heavy atom. The quantitative estimate of drug-likeness (QED) is 0.338. The van der Waals surface area contributed by atoms with Crippen LogP contribution in [-0.2, 0) is 9.53 Å². The summed E-state index contributed by atoms with van der Waals surface area (Å²) in [5.41, 5.74) is 0. The molecule has 1 aliphatic heterocycles. The van der Waals surface area contributed by atoms with Gasteiger partial charge in [-0.1, -0.05) is 0 Å². The zero-order chi connectivity index (χ0) is 11.4. The molecule has 88 valence electrons. The molecule has 1 saturated heterocycles. The second-order valence-electron chi connectivity index (χ2n) is 3.37. The first-order valence-corrected chi connectivity index (χ1v) is 4.59. The highest BCUT2D eigenvalue weighted by Crippen LogP contribution is 2.15. The van der Waals surface area contributed by atoms with Crippen molar-refractivity contribution in [2.75, 3.05) is 19.8 Å². The molecule has 0 spiro atoms. The Morgan fingerprint density at radius 1 is 1.33 bits per heavy atom. The number of aliphatic hydroxyl groups excluding tert-OH is 4. The second kappa shape index (κ2) is 5.38. The molecule has 1 heterocycles. The minimum atomic E-state index is -1.26. The second-order valence-corrected chi connectivity index (χ2v) is 3.37. The highest BCUT2D eigenvalue weighted by Gasteiger charge is 2.38. The molecule has 5 N–H and O–H groups in total. The van der Waals surface area contributed by atoms with Crippen LogP contribution in [0.4, 0.5) is 0 Å². The van der Waals surface area contributed by atoms with Crippen molar-refractivity contribution in [3.63, 3.8) is 0 Å². The van der Waals surface area contributed by atoms with Gasteiger partial charge in [-0.05, 0) is 0 Å². The Kier molecular flexibility index (Phi) is 4.43. The van der Waals surface area contributed by atoms with Crippen molar-refractivity contribution >= 4 is 5.91 Å². The number of carbonyl (C=O) groups excluding carboxylic acids is 1. The maximum Gasteiger partial charge on any atom is 0.246 e.